The van der Waals surface area contributed by atoms with Crippen LogP contribution in [0.2, 0.25) is 5.02 Å². The van der Waals surface area contributed by atoms with Gasteiger partial charge in [0.05, 0.1) is 11.9 Å². The Morgan fingerprint density at radius 2 is 1.84 bits per heavy atom. The van der Waals surface area contributed by atoms with Crippen molar-refractivity contribution >= 4 is 58.2 Å². The highest BCUT2D eigenvalue weighted by atomic mass is 35.5. The lowest BCUT2D eigenvalue weighted by molar-refractivity contribution is -0.137. The molecule has 1 saturated heterocycles. The molecule has 31 heavy (non-hydrogen) atoms. The largest absolute Gasteiger partial charge is 0.508 e. The number of aliphatic carboxylic acids is 1. The Bertz CT molecular complexity index is 1040. The molecule has 3 rings (SSSR count). The van der Waals surface area contributed by atoms with Crippen molar-refractivity contribution in [2.45, 2.75) is 11.7 Å². The number of amides is 2. The molecular formula is C20H17ClN4O5S. The average molecular weight is 461 g/mol. The fraction of sp³-hybridized carbons (Fsp3) is 0.150. The predicted octanol–water partition coefficient (Wildman–Crippen LogP) is 2.48. The maximum atomic E-state index is 12.9. The minimum absolute atomic E-state index is 0.0342. The number of halogens is 1. The summed E-state index contributed by atoms with van der Waals surface area (Å²) in [6.07, 6.45) is 1.28. The van der Waals surface area contributed by atoms with E-state index in [1.54, 1.807) is 36.4 Å². The number of carboxylic acid groups (broad SMARTS) is 1. The molecule has 1 aliphatic heterocycles. The Morgan fingerprint density at radius 1 is 1.16 bits per heavy atom. The zero-order valence-corrected chi connectivity index (χ0v) is 17.5. The third kappa shape index (κ3) is 6.06. The molecule has 1 heterocycles. The predicted molar refractivity (Wildman–Crippen MR) is 119 cm³/mol. The van der Waals surface area contributed by atoms with Crippen LogP contribution in [-0.2, 0) is 14.4 Å². The van der Waals surface area contributed by atoms with Gasteiger partial charge < -0.3 is 15.5 Å². The van der Waals surface area contributed by atoms with E-state index < -0.39 is 29.6 Å². The number of benzene rings is 2. The van der Waals surface area contributed by atoms with Gasteiger partial charge >= 0.3 is 5.97 Å². The molecule has 2 aromatic carbocycles. The lowest BCUT2D eigenvalue weighted by Gasteiger charge is -2.15. The summed E-state index contributed by atoms with van der Waals surface area (Å²) in [5.41, 5.74) is 1.20. The molecule has 2 amide bonds. The summed E-state index contributed by atoms with van der Waals surface area (Å²) in [6, 6.07) is 12.9. The van der Waals surface area contributed by atoms with Crippen molar-refractivity contribution in [2.24, 2.45) is 10.2 Å². The zero-order valence-electron chi connectivity index (χ0n) is 15.9. The van der Waals surface area contributed by atoms with Gasteiger partial charge in [0, 0.05) is 11.4 Å². The highest BCUT2D eigenvalue weighted by molar-refractivity contribution is 8.16. The van der Waals surface area contributed by atoms with E-state index in [4.69, 9.17) is 16.7 Å². The molecule has 9 nitrogen and oxygen atoms in total. The number of amidine groups is 1. The third-order valence-corrected chi connectivity index (χ3v) is 5.45. The first kappa shape index (κ1) is 22.3. The maximum absolute atomic E-state index is 12.9. The van der Waals surface area contributed by atoms with Crippen molar-refractivity contribution < 1.29 is 24.6 Å². The Kier molecular flexibility index (Phi) is 7.27. The third-order valence-electron chi connectivity index (χ3n) is 4.07. The van der Waals surface area contributed by atoms with Crippen LogP contribution in [0.25, 0.3) is 0 Å². The number of hydrogen-bond acceptors (Lipinski definition) is 7. The summed E-state index contributed by atoms with van der Waals surface area (Å²) in [5.74, 6) is -2.11. The number of nitrogens with one attached hydrogen (secondary N) is 1. The van der Waals surface area contributed by atoms with Gasteiger partial charge in [0.25, 0.3) is 0 Å². The Balaban J connectivity index is 1.82. The summed E-state index contributed by atoms with van der Waals surface area (Å²) < 4.78 is 0. The molecular weight excluding hydrogens is 444 g/mol. The van der Waals surface area contributed by atoms with E-state index in [1.807, 2.05) is 0 Å². The van der Waals surface area contributed by atoms with Crippen LogP contribution in [0, 0.1) is 0 Å². The number of nitrogens with zero attached hydrogens (tertiary/aromatic N) is 3. The van der Waals surface area contributed by atoms with Crippen LogP contribution in [0.15, 0.2) is 58.7 Å². The Labute approximate surface area is 186 Å². The molecule has 3 N–H and O–H groups in total. The lowest BCUT2D eigenvalue weighted by atomic mass is 10.2. The van der Waals surface area contributed by atoms with E-state index in [-0.39, 0.29) is 17.3 Å². The van der Waals surface area contributed by atoms with Crippen LogP contribution in [0.5, 0.6) is 5.75 Å². The molecule has 160 valence electrons. The molecule has 2 aromatic rings. The van der Waals surface area contributed by atoms with Gasteiger partial charge in [0.1, 0.15) is 17.5 Å². The minimum Gasteiger partial charge on any atom is -0.508 e. The number of anilines is 1. The maximum Gasteiger partial charge on any atom is 0.322 e. The summed E-state index contributed by atoms with van der Waals surface area (Å²) in [4.78, 5) is 36.9. The number of carboxylic acids is 1. The molecule has 0 spiro atoms. The van der Waals surface area contributed by atoms with E-state index in [9.17, 15) is 19.5 Å². The van der Waals surface area contributed by atoms with Gasteiger partial charge in [-0.3, -0.25) is 19.3 Å². The number of phenolic OH excluding ortho intramolecular Hbond substituents is 1. The Hall–Kier alpha value is -3.37. The summed E-state index contributed by atoms with van der Waals surface area (Å²) in [5, 5.41) is 28.6. The van der Waals surface area contributed by atoms with E-state index in [2.05, 4.69) is 15.5 Å². The summed E-state index contributed by atoms with van der Waals surface area (Å²) in [7, 11) is 0. The van der Waals surface area contributed by atoms with E-state index in [0.717, 1.165) is 17.3 Å². The van der Waals surface area contributed by atoms with Gasteiger partial charge in [-0.05, 0) is 42.0 Å². The molecule has 1 atom stereocenters. The first-order valence-corrected chi connectivity index (χ1v) is 10.2. The lowest BCUT2D eigenvalue weighted by Crippen LogP contribution is -2.36. The average Bonchev–Trinajstić information content (AvgIpc) is 3.03. The van der Waals surface area contributed by atoms with Gasteiger partial charge in [-0.2, -0.15) is 5.10 Å². The van der Waals surface area contributed by atoms with Gasteiger partial charge in [0.2, 0.25) is 11.8 Å². The van der Waals surface area contributed by atoms with Crippen molar-refractivity contribution in [1.82, 2.24) is 5.32 Å². The molecule has 0 aromatic heterocycles. The van der Waals surface area contributed by atoms with Crippen molar-refractivity contribution in [3.05, 3.63) is 59.1 Å². The van der Waals surface area contributed by atoms with Gasteiger partial charge in [0.15, 0.2) is 5.17 Å². The molecule has 0 saturated carbocycles. The van der Waals surface area contributed by atoms with Crippen LogP contribution in [0.3, 0.4) is 0 Å². The fourth-order valence-electron chi connectivity index (χ4n) is 2.61. The topological polar surface area (TPSA) is 132 Å². The normalized spacial score (nSPS) is 17.5. The van der Waals surface area contributed by atoms with Crippen LogP contribution < -0.4 is 10.2 Å². The highest BCUT2D eigenvalue weighted by Gasteiger charge is 2.40. The van der Waals surface area contributed by atoms with E-state index >= 15 is 0 Å². The number of carbonyl (C=O) groups is 3. The molecule has 0 radical (unpaired) electrons. The van der Waals surface area contributed by atoms with Crippen molar-refractivity contribution in [3.63, 3.8) is 0 Å². The monoisotopic (exact) mass is 460 g/mol. The van der Waals surface area contributed by atoms with E-state index in [1.165, 1.54) is 23.2 Å². The summed E-state index contributed by atoms with van der Waals surface area (Å²) >= 11 is 6.90. The van der Waals surface area contributed by atoms with Gasteiger partial charge in [-0.25, -0.2) is 0 Å². The molecule has 1 aliphatic rings. The smallest absolute Gasteiger partial charge is 0.322 e. The highest BCUT2D eigenvalue weighted by Crippen LogP contribution is 2.34. The van der Waals surface area contributed by atoms with E-state index in [0.29, 0.717) is 10.7 Å². The van der Waals surface area contributed by atoms with Crippen LogP contribution in [0.4, 0.5) is 5.69 Å². The van der Waals surface area contributed by atoms with Gasteiger partial charge in [-0.15, -0.1) is 5.10 Å². The number of hydrogen-bond donors (Lipinski definition) is 3. The number of carbonyl (C=O) groups excluding carboxylic acids is 2. The quantitative estimate of drug-likeness (QED) is 0.429. The second-order valence-electron chi connectivity index (χ2n) is 6.35. The molecule has 1 unspecified atom stereocenters. The van der Waals surface area contributed by atoms with Crippen LogP contribution in [0.1, 0.15) is 12.0 Å². The standard InChI is InChI=1S/C20H17ClN4O5S/c21-13-3-1-12(2-4-13)10-23-24-20-25(14-5-7-15(26)8-6-14)19(30)16(31-20)9-17(27)22-11-18(28)29/h1-8,10,16,26H,9,11H2,(H,22,27)(H,28,29). The first-order chi connectivity index (χ1) is 14.8. The van der Waals surface area contributed by atoms with Crippen molar-refractivity contribution in [1.29, 1.82) is 0 Å². The number of phenols is 1. The van der Waals surface area contributed by atoms with Crippen LogP contribution in [-0.4, -0.2) is 51.2 Å². The molecule has 0 bridgehead atoms. The number of aromatic hydroxyl groups is 1. The van der Waals surface area contributed by atoms with Crippen molar-refractivity contribution in [2.75, 3.05) is 11.4 Å². The number of thioether (sulfide) groups is 1. The number of rotatable bonds is 7. The molecule has 0 aliphatic carbocycles. The first-order valence-electron chi connectivity index (χ1n) is 8.98. The van der Waals surface area contributed by atoms with Crippen LogP contribution >= 0.6 is 23.4 Å². The Morgan fingerprint density at radius 3 is 2.48 bits per heavy atom. The molecule has 1 fully saturated rings. The zero-order chi connectivity index (χ0) is 22.4. The second-order valence-corrected chi connectivity index (χ2v) is 7.96. The fourth-order valence-corrected chi connectivity index (χ4v) is 3.83. The SMILES string of the molecule is O=C(O)CNC(=O)CC1SC(=NN=Cc2ccc(Cl)cc2)N(c2ccc(O)cc2)C1=O. The van der Waals surface area contributed by atoms with Gasteiger partial charge in [-0.1, -0.05) is 35.5 Å². The van der Waals surface area contributed by atoms with Crippen molar-refractivity contribution in [3.8, 4) is 5.75 Å². The second kappa shape index (κ2) is 10.1. The summed E-state index contributed by atoms with van der Waals surface area (Å²) in [6.45, 7) is -0.529. The minimum atomic E-state index is -1.18. The molecule has 11 heteroatoms.